The molecule has 0 amide bonds. The third kappa shape index (κ3) is 2.35. The van der Waals surface area contributed by atoms with E-state index in [4.69, 9.17) is 23.2 Å². The van der Waals surface area contributed by atoms with Crippen molar-refractivity contribution in [2.75, 3.05) is 7.05 Å². The maximum atomic E-state index is 5.70. The molecule has 0 saturated carbocycles. The lowest BCUT2D eigenvalue weighted by atomic mass is 10.5. The third-order valence-corrected chi connectivity index (χ3v) is 2.62. The summed E-state index contributed by atoms with van der Waals surface area (Å²) in [5, 5.41) is 0. The van der Waals surface area contributed by atoms with Crippen LogP contribution in [0.25, 0.3) is 0 Å². The van der Waals surface area contributed by atoms with Crippen LogP contribution in [0.5, 0.6) is 0 Å². The molecule has 0 heterocycles. The smallest absolute Gasteiger partial charge is 0.164 e. The van der Waals surface area contributed by atoms with Crippen LogP contribution in [0.1, 0.15) is 13.3 Å². The lowest BCUT2D eigenvalue weighted by Gasteiger charge is -2.25. The molecule has 0 atom stereocenters. The second kappa shape index (κ2) is 3.06. The average molecular weight is 169 g/mol. The minimum atomic E-state index is -0.767. The van der Waals surface area contributed by atoms with Crippen molar-refractivity contribution in [2.24, 2.45) is 0 Å². The van der Waals surface area contributed by atoms with Gasteiger partial charge < -0.3 is 0 Å². The average Bonchev–Trinajstić information content (AvgIpc) is 1.67. The lowest BCUT2D eigenvalue weighted by Crippen LogP contribution is -2.33. The van der Waals surface area contributed by atoms with Gasteiger partial charge in [0.2, 0.25) is 0 Å². The molecule has 4 heteroatoms. The van der Waals surface area contributed by atoms with Gasteiger partial charge in [-0.05, 0) is 13.5 Å². The van der Waals surface area contributed by atoms with Gasteiger partial charge in [0, 0.05) is 0 Å². The van der Waals surface area contributed by atoms with Gasteiger partial charge in [-0.1, -0.05) is 30.1 Å². The van der Waals surface area contributed by atoms with E-state index in [9.17, 15) is 0 Å². The van der Waals surface area contributed by atoms with Gasteiger partial charge in [-0.3, -0.25) is 4.57 Å². The van der Waals surface area contributed by atoms with Crippen LogP contribution in [0.4, 0.5) is 0 Å². The maximum absolute atomic E-state index is 5.70. The van der Waals surface area contributed by atoms with Crippen molar-refractivity contribution >= 4 is 33.6 Å². The van der Waals surface area contributed by atoms with Crippen LogP contribution < -0.4 is 0 Å². The van der Waals surface area contributed by atoms with Gasteiger partial charge in [0.1, 0.15) is 10.4 Å². The van der Waals surface area contributed by atoms with Crippen LogP contribution in [0.3, 0.4) is 0 Å². The minimum Gasteiger partial charge on any atom is -0.300 e. The molecule has 0 N–H and O–H groups in total. The van der Waals surface area contributed by atoms with Crippen molar-refractivity contribution in [3.05, 3.63) is 0 Å². The Bertz CT molecular complexity index is 74.4. The number of hydrogen-bond donors (Lipinski definition) is 0. The quantitative estimate of drug-likeness (QED) is 0.344. The topological polar surface area (TPSA) is 3.24 Å². The molecule has 0 aromatic rings. The van der Waals surface area contributed by atoms with Crippen LogP contribution in [-0.2, 0) is 0 Å². The molecule has 3 radical (unpaired) electrons. The molecule has 8 heavy (non-hydrogen) atoms. The zero-order valence-electron chi connectivity index (χ0n) is 4.91. The molecular weight excluding hydrogens is 161 g/mol. The van der Waals surface area contributed by atoms with E-state index in [0.29, 0.717) is 6.42 Å². The van der Waals surface area contributed by atoms with Crippen molar-refractivity contribution in [3.8, 4) is 0 Å². The highest BCUT2D eigenvalue weighted by Crippen LogP contribution is 2.25. The summed E-state index contributed by atoms with van der Waals surface area (Å²) >= 11 is 11.4. The SMILES string of the molecule is CCC(Cl)(Cl)N(C)[Si]. The monoisotopic (exact) mass is 168 g/mol. The van der Waals surface area contributed by atoms with Crippen molar-refractivity contribution < 1.29 is 0 Å². The Morgan fingerprint density at radius 2 is 2.00 bits per heavy atom. The van der Waals surface area contributed by atoms with E-state index in [2.05, 4.69) is 10.4 Å². The van der Waals surface area contributed by atoms with Crippen molar-refractivity contribution in [1.29, 1.82) is 0 Å². The van der Waals surface area contributed by atoms with Crippen molar-refractivity contribution in [3.63, 3.8) is 0 Å². The molecule has 0 aromatic carbocycles. The minimum absolute atomic E-state index is 0.691. The second-order valence-corrected chi connectivity index (χ2v) is 3.69. The van der Waals surface area contributed by atoms with Gasteiger partial charge in [0.05, 0.1) is 0 Å². The summed E-state index contributed by atoms with van der Waals surface area (Å²) in [6.07, 6.45) is 0.691. The Labute approximate surface area is 63.5 Å². The van der Waals surface area contributed by atoms with E-state index < -0.39 is 4.46 Å². The summed E-state index contributed by atoms with van der Waals surface area (Å²) in [6, 6.07) is 0. The van der Waals surface area contributed by atoms with Crippen LogP contribution >= 0.6 is 23.2 Å². The highest BCUT2D eigenvalue weighted by molar-refractivity contribution is 6.49. The van der Waals surface area contributed by atoms with Gasteiger partial charge in [0.15, 0.2) is 4.46 Å². The predicted octanol–water partition coefficient (Wildman–Crippen LogP) is 1.54. The molecule has 0 unspecified atom stereocenters. The highest BCUT2D eigenvalue weighted by Gasteiger charge is 2.22. The number of nitrogens with zero attached hydrogens (tertiary/aromatic N) is 1. The summed E-state index contributed by atoms with van der Waals surface area (Å²) in [7, 11) is 4.94. The Kier molecular flexibility index (Phi) is 3.35. The summed E-state index contributed by atoms with van der Waals surface area (Å²) in [6.45, 7) is 1.91. The van der Waals surface area contributed by atoms with Gasteiger partial charge in [-0.25, -0.2) is 0 Å². The van der Waals surface area contributed by atoms with E-state index in [1.54, 1.807) is 11.6 Å². The number of rotatable bonds is 2. The Morgan fingerprint density at radius 1 is 1.62 bits per heavy atom. The van der Waals surface area contributed by atoms with Crippen LogP contribution in [0, 0.1) is 0 Å². The predicted molar refractivity (Wildman–Crippen MR) is 38.2 cm³/mol. The molecule has 47 valence electrons. The fourth-order valence-corrected chi connectivity index (χ4v) is 0.395. The Morgan fingerprint density at radius 3 is 2.00 bits per heavy atom. The number of hydrogen-bond acceptors (Lipinski definition) is 1. The standard InChI is InChI=1S/C4H8Cl2NSi/c1-3-4(5,6)7(2)8/h3H2,1-2H3. The molecule has 0 aliphatic heterocycles. The summed E-state index contributed by atoms with van der Waals surface area (Å²) < 4.78 is 0.813. The molecule has 0 saturated heterocycles. The maximum Gasteiger partial charge on any atom is 0.164 e. The normalized spacial score (nSPS) is 12.8. The van der Waals surface area contributed by atoms with Crippen LogP contribution in [0.2, 0.25) is 0 Å². The van der Waals surface area contributed by atoms with E-state index in [1.165, 1.54) is 0 Å². The number of alkyl halides is 2. The summed E-state index contributed by atoms with van der Waals surface area (Å²) in [5.41, 5.74) is 0. The van der Waals surface area contributed by atoms with E-state index >= 15 is 0 Å². The third-order valence-electron chi connectivity index (χ3n) is 0.916. The highest BCUT2D eigenvalue weighted by atomic mass is 35.5. The van der Waals surface area contributed by atoms with E-state index in [0.717, 1.165) is 0 Å². The van der Waals surface area contributed by atoms with E-state index in [1.807, 2.05) is 6.92 Å². The molecule has 0 rings (SSSR count). The molecule has 0 fully saturated rings. The number of halogens is 2. The van der Waals surface area contributed by atoms with E-state index in [-0.39, 0.29) is 0 Å². The Balaban J connectivity index is 3.71. The lowest BCUT2D eigenvalue weighted by molar-refractivity contribution is 0.442. The largest absolute Gasteiger partial charge is 0.300 e. The fourth-order valence-electron chi connectivity index (χ4n) is 0.237. The molecular formula is C4H8Cl2NSi. The summed E-state index contributed by atoms with van der Waals surface area (Å²) in [5.74, 6) is 0. The first-order valence-electron chi connectivity index (χ1n) is 2.33. The van der Waals surface area contributed by atoms with Crippen molar-refractivity contribution in [1.82, 2.24) is 4.57 Å². The molecule has 1 nitrogen and oxygen atoms in total. The zero-order chi connectivity index (χ0) is 6.78. The van der Waals surface area contributed by atoms with Crippen LogP contribution in [-0.4, -0.2) is 26.5 Å². The summed E-state index contributed by atoms with van der Waals surface area (Å²) in [4.78, 5) is 0. The van der Waals surface area contributed by atoms with Gasteiger partial charge >= 0.3 is 0 Å². The van der Waals surface area contributed by atoms with Crippen molar-refractivity contribution in [2.45, 2.75) is 17.8 Å². The first-order chi connectivity index (χ1) is 3.50. The Hall–Kier alpha value is 0.757. The zero-order valence-corrected chi connectivity index (χ0v) is 7.42. The first-order valence-corrected chi connectivity index (χ1v) is 3.54. The van der Waals surface area contributed by atoms with Gasteiger partial charge in [-0.2, -0.15) is 0 Å². The fraction of sp³-hybridized carbons (Fsp3) is 1.00. The molecule has 0 spiro atoms. The molecule has 0 bridgehead atoms. The van der Waals surface area contributed by atoms with Crippen LogP contribution in [0.15, 0.2) is 0 Å². The molecule has 0 aliphatic carbocycles. The molecule has 0 aromatic heterocycles. The van der Waals surface area contributed by atoms with Gasteiger partial charge in [0.25, 0.3) is 0 Å². The second-order valence-electron chi connectivity index (χ2n) is 1.58. The molecule has 0 aliphatic rings. The van der Waals surface area contributed by atoms with Gasteiger partial charge in [-0.15, -0.1) is 0 Å². The first kappa shape index (κ1) is 8.76.